The molecule has 6 heteroatoms. The molecule has 1 atom stereocenters. The van der Waals surface area contributed by atoms with Crippen LogP contribution in [0.25, 0.3) is 0 Å². The largest absolute Gasteiger partial charge is 0.494 e. The lowest BCUT2D eigenvalue weighted by molar-refractivity contribution is -0.141. The molecule has 1 unspecified atom stereocenters. The minimum absolute atomic E-state index is 0.345. The number of benzene rings is 1. The van der Waals surface area contributed by atoms with Gasteiger partial charge >= 0.3 is 13.1 Å². The van der Waals surface area contributed by atoms with Crippen LogP contribution < -0.4 is 10.8 Å². The van der Waals surface area contributed by atoms with E-state index in [4.69, 9.17) is 9.31 Å². The molecular formula is C17H24BNO4. The van der Waals surface area contributed by atoms with Gasteiger partial charge in [0, 0.05) is 12.2 Å². The molecule has 2 aliphatic rings. The smallest absolute Gasteiger partial charge is 0.481 e. The van der Waals surface area contributed by atoms with Crippen molar-refractivity contribution < 1.29 is 19.2 Å². The maximum atomic E-state index is 11.2. The van der Waals surface area contributed by atoms with Gasteiger partial charge in [-0.25, -0.2) is 0 Å². The molecule has 1 aromatic carbocycles. The number of anilines is 1. The van der Waals surface area contributed by atoms with Crippen molar-refractivity contribution in [1.29, 1.82) is 0 Å². The molecule has 0 aromatic heterocycles. The quantitative estimate of drug-likeness (QED) is 0.817. The van der Waals surface area contributed by atoms with E-state index in [0.717, 1.165) is 23.1 Å². The normalized spacial score (nSPS) is 25.4. The van der Waals surface area contributed by atoms with Crippen molar-refractivity contribution in [2.24, 2.45) is 5.92 Å². The van der Waals surface area contributed by atoms with Crippen LogP contribution in [-0.4, -0.2) is 35.9 Å². The molecule has 0 aliphatic carbocycles. The molecule has 124 valence electrons. The Hall–Kier alpha value is -1.53. The second-order valence-electron chi connectivity index (χ2n) is 7.46. The Balaban J connectivity index is 1.82. The van der Waals surface area contributed by atoms with Gasteiger partial charge in [0.05, 0.1) is 17.1 Å². The van der Waals surface area contributed by atoms with E-state index in [1.54, 1.807) is 0 Å². The number of carboxylic acid groups (broad SMARTS) is 1. The lowest BCUT2D eigenvalue weighted by Gasteiger charge is -2.32. The first-order valence-corrected chi connectivity index (χ1v) is 8.15. The van der Waals surface area contributed by atoms with E-state index < -0.39 is 5.97 Å². The standard InChI is InChI=1S/C17H24BNO4/c1-16(2)17(3,4)23-18(22-16)13-7-8-14-11(9-13)5-6-12(10-19-14)15(20)21/h7-9,12,19H,5-6,10H2,1-4H3,(H,20,21). The summed E-state index contributed by atoms with van der Waals surface area (Å²) < 4.78 is 12.2. The molecule has 0 spiro atoms. The van der Waals surface area contributed by atoms with Crippen LogP contribution in [0, 0.1) is 5.92 Å². The zero-order chi connectivity index (χ0) is 16.8. The molecule has 0 bridgehead atoms. The average molecular weight is 317 g/mol. The van der Waals surface area contributed by atoms with Crippen LogP contribution in [0.15, 0.2) is 18.2 Å². The third-order valence-electron chi connectivity index (χ3n) is 5.31. The number of aryl methyl sites for hydroxylation is 1. The summed E-state index contributed by atoms with van der Waals surface area (Å²) in [5.74, 6) is -1.08. The summed E-state index contributed by atoms with van der Waals surface area (Å²) in [6.45, 7) is 8.62. The van der Waals surface area contributed by atoms with Gasteiger partial charge in [0.15, 0.2) is 0 Å². The number of hydrogen-bond acceptors (Lipinski definition) is 4. The SMILES string of the molecule is CC1(C)OB(c2ccc3c(c2)CCC(C(=O)O)CN3)OC1(C)C. The number of rotatable bonds is 2. The molecule has 2 aliphatic heterocycles. The van der Waals surface area contributed by atoms with Crippen LogP contribution in [0.1, 0.15) is 39.7 Å². The highest BCUT2D eigenvalue weighted by molar-refractivity contribution is 6.62. The van der Waals surface area contributed by atoms with Gasteiger partial charge in [0.2, 0.25) is 0 Å². The lowest BCUT2D eigenvalue weighted by Crippen LogP contribution is -2.41. The fourth-order valence-electron chi connectivity index (χ4n) is 2.99. The molecule has 2 heterocycles. The molecule has 3 rings (SSSR count). The van der Waals surface area contributed by atoms with Crippen LogP contribution in [-0.2, 0) is 20.5 Å². The number of carboxylic acids is 1. The maximum absolute atomic E-state index is 11.2. The maximum Gasteiger partial charge on any atom is 0.494 e. The van der Waals surface area contributed by atoms with Gasteiger partial charge in [-0.2, -0.15) is 0 Å². The van der Waals surface area contributed by atoms with Crippen molar-refractivity contribution in [3.63, 3.8) is 0 Å². The second-order valence-corrected chi connectivity index (χ2v) is 7.46. The van der Waals surface area contributed by atoms with Crippen molar-refractivity contribution in [3.05, 3.63) is 23.8 Å². The van der Waals surface area contributed by atoms with Gasteiger partial charge in [-0.05, 0) is 57.6 Å². The first-order chi connectivity index (χ1) is 10.7. The van der Waals surface area contributed by atoms with Crippen LogP contribution in [0.2, 0.25) is 0 Å². The minimum Gasteiger partial charge on any atom is -0.481 e. The topological polar surface area (TPSA) is 67.8 Å². The molecule has 1 fully saturated rings. The molecule has 0 saturated carbocycles. The summed E-state index contributed by atoms with van der Waals surface area (Å²) >= 11 is 0. The highest BCUT2D eigenvalue weighted by Gasteiger charge is 2.51. The third-order valence-corrected chi connectivity index (χ3v) is 5.31. The number of aliphatic carboxylic acids is 1. The van der Waals surface area contributed by atoms with Gasteiger partial charge in [-0.3, -0.25) is 4.79 Å². The van der Waals surface area contributed by atoms with Crippen molar-refractivity contribution >= 4 is 24.2 Å². The second kappa shape index (κ2) is 5.53. The van der Waals surface area contributed by atoms with E-state index >= 15 is 0 Å². The van der Waals surface area contributed by atoms with E-state index in [0.29, 0.717) is 13.0 Å². The number of nitrogens with one attached hydrogen (secondary N) is 1. The van der Waals surface area contributed by atoms with Crippen LogP contribution in [0.4, 0.5) is 5.69 Å². The van der Waals surface area contributed by atoms with Crippen LogP contribution in [0.3, 0.4) is 0 Å². The molecule has 0 radical (unpaired) electrons. The predicted octanol–water partition coefficient (Wildman–Crippen LogP) is 2.04. The Bertz CT molecular complexity index is 613. The Morgan fingerprint density at radius 1 is 1.26 bits per heavy atom. The Morgan fingerprint density at radius 3 is 2.52 bits per heavy atom. The van der Waals surface area contributed by atoms with Gasteiger partial charge in [-0.15, -0.1) is 0 Å². The lowest BCUT2D eigenvalue weighted by atomic mass is 9.78. The molecule has 23 heavy (non-hydrogen) atoms. The summed E-state index contributed by atoms with van der Waals surface area (Å²) in [6.07, 6.45) is 1.38. The average Bonchev–Trinajstić information content (AvgIpc) is 2.63. The van der Waals surface area contributed by atoms with Gasteiger partial charge < -0.3 is 19.7 Å². The summed E-state index contributed by atoms with van der Waals surface area (Å²) in [4.78, 5) is 11.2. The van der Waals surface area contributed by atoms with E-state index in [-0.39, 0.29) is 24.2 Å². The third kappa shape index (κ3) is 2.97. The van der Waals surface area contributed by atoms with E-state index in [1.807, 2.05) is 39.8 Å². The Morgan fingerprint density at radius 2 is 1.91 bits per heavy atom. The molecule has 0 amide bonds. The van der Waals surface area contributed by atoms with Crippen molar-refractivity contribution in [2.75, 3.05) is 11.9 Å². The predicted molar refractivity (Wildman–Crippen MR) is 90.1 cm³/mol. The highest BCUT2D eigenvalue weighted by Crippen LogP contribution is 2.36. The monoisotopic (exact) mass is 317 g/mol. The fourth-order valence-corrected chi connectivity index (χ4v) is 2.99. The molecule has 1 aromatic rings. The summed E-state index contributed by atoms with van der Waals surface area (Å²) in [5, 5.41) is 12.4. The Kier molecular flexibility index (Phi) is 3.93. The molecule has 5 nitrogen and oxygen atoms in total. The van der Waals surface area contributed by atoms with Crippen LogP contribution >= 0.6 is 0 Å². The number of fused-ring (bicyclic) bond motifs is 1. The Labute approximate surface area is 137 Å². The van der Waals surface area contributed by atoms with Crippen molar-refractivity contribution in [3.8, 4) is 0 Å². The van der Waals surface area contributed by atoms with Crippen molar-refractivity contribution in [1.82, 2.24) is 0 Å². The van der Waals surface area contributed by atoms with Crippen molar-refractivity contribution in [2.45, 2.75) is 51.7 Å². The highest BCUT2D eigenvalue weighted by atomic mass is 16.7. The van der Waals surface area contributed by atoms with E-state index in [1.165, 1.54) is 0 Å². The van der Waals surface area contributed by atoms with Gasteiger partial charge in [0.1, 0.15) is 0 Å². The minimum atomic E-state index is -0.739. The zero-order valence-electron chi connectivity index (χ0n) is 14.2. The van der Waals surface area contributed by atoms with Crippen LogP contribution in [0.5, 0.6) is 0 Å². The molecular weight excluding hydrogens is 293 g/mol. The summed E-state index contributed by atoms with van der Waals surface area (Å²) in [5.41, 5.74) is 2.39. The summed E-state index contributed by atoms with van der Waals surface area (Å²) in [6, 6.07) is 6.07. The number of hydrogen-bond donors (Lipinski definition) is 2. The van der Waals surface area contributed by atoms with E-state index in [9.17, 15) is 9.90 Å². The fraction of sp³-hybridized carbons (Fsp3) is 0.588. The summed E-state index contributed by atoms with van der Waals surface area (Å²) in [7, 11) is -0.385. The first kappa shape index (κ1) is 16.3. The number of carbonyl (C=O) groups is 1. The molecule has 1 saturated heterocycles. The van der Waals surface area contributed by atoms with E-state index in [2.05, 4.69) is 11.4 Å². The first-order valence-electron chi connectivity index (χ1n) is 8.15. The van der Waals surface area contributed by atoms with Gasteiger partial charge in [-0.1, -0.05) is 12.1 Å². The van der Waals surface area contributed by atoms with Gasteiger partial charge in [0.25, 0.3) is 0 Å². The zero-order valence-corrected chi connectivity index (χ0v) is 14.2. The molecule has 2 N–H and O–H groups in total.